The van der Waals surface area contributed by atoms with Crippen LogP contribution in [-0.2, 0) is 24.3 Å². The van der Waals surface area contributed by atoms with E-state index in [1.807, 2.05) is 0 Å². The standard InChI is InChI=1S/C15H16Cl2N4O5S3/c1-8(21(29(3,24)25)11-6-9(16)4-5-10(11)17)13(23)18-14-19-20-15(28-14)27-7-12(22)26-2/h4-6,8H,7H2,1-3H3,(H,18,19,23)/t8-/m0/s1. The fraction of sp³-hybridized carbons (Fsp3) is 0.333. The van der Waals surface area contributed by atoms with Gasteiger partial charge >= 0.3 is 5.97 Å². The number of carbonyl (C=O) groups is 2. The maximum absolute atomic E-state index is 12.7. The van der Waals surface area contributed by atoms with Crippen LogP contribution >= 0.6 is 46.3 Å². The number of methoxy groups -OCH3 is 1. The molecule has 0 fully saturated rings. The summed E-state index contributed by atoms with van der Waals surface area (Å²) < 4.78 is 30.6. The molecule has 29 heavy (non-hydrogen) atoms. The molecular formula is C15H16Cl2N4O5S3. The van der Waals surface area contributed by atoms with Crippen LogP contribution in [-0.4, -0.2) is 55.7 Å². The summed E-state index contributed by atoms with van der Waals surface area (Å²) >= 11 is 14.2. The predicted molar refractivity (Wildman–Crippen MR) is 115 cm³/mol. The van der Waals surface area contributed by atoms with E-state index in [0.29, 0.717) is 4.34 Å². The predicted octanol–water partition coefficient (Wildman–Crippen LogP) is 2.90. The summed E-state index contributed by atoms with van der Waals surface area (Å²) in [6.45, 7) is 1.40. The fourth-order valence-corrected chi connectivity index (χ4v) is 5.33. The Hall–Kier alpha value is -1.60. The first kappa shape index (κ1) is 23.7. The third-order valence-electron chi connectivity index (χ3n) is 3.41. The van der Waals surface area contributed by atoms with Crippen molar-refractivity contribution in [2.24, 2.45) is 0 Å². The molecule has 0 aliphatic rings. The van der Waals surface area contributed by atoms with E-state index in [2.05, 4.69) is 20.3 Å². The maximum atomic E-state index is 12.7. The van der Waals surface area contributed by atoms with Gasteiger partial charge in [0.25, 0.3) is 0 Å². The average Bonchev–Trinajstić information content (AvgIpc) is 3.08. The van der Waals surface area contributed by atoms with Crippen LogP contribution in [0.4, 0.5) is 10.8 Å². The number of ether oxygens (including phenoxy) is 1. The minimum absolute atomic E-state index is 0.0462. The van der Waals surface area contributed by atoms with Crippen LogP contribution in [0.2, 0.25) is 10.0 Å². The molecule has 1 heterocycles. The lowest BCUT2D eigenvalue weighted by molar-refractivity contribution is -0.137. The van der Waals surface area contributed by atoms with Gasteiger partial charge < -0.3 is 4.74 Å². The Morgan fingerprint density at radius 3 is 2.66 bits per heavy atom. The number of hydrogen-bond acceptors (Lipinski definition) is 9. The third-order valence-corrected chi connectivity index (χ3v) is 7.14. The summed E-state index contributed by atoms with van der Waals surface area (Å²) in [6.07, 6.45) is 0.959. The van der Waals surface area contributed by atoms with E-state index in [0.717, 1.165) is 33.7 Å². The number of sulfonamides is 1. The first-order valence-electron chi connectivity index (χ1n) is 7.81. The van der Waals surface area contributed by atoms with Crippen molar-refractivity contribution in [3.8, 4) is 0 Å². The van der Waals surface area contributed by atoms with E-state index in [1.165, 1.54) is 32.2 Å². The number of nitrogens with zero attached hydrogens (tertiary/aromatic N) is 3. The van der Waals surface area contributed by atoms with E-state index in [4.69, 9.17) is 23.2 Å². The molecule has 2 rings (SSSR count). The summed E-state index contributed by atoms with van der Waals surface area (Å²) in [7, 11) is -2.59. The number of aromatic nitrogens is 2. The Bertz CT molecular complexity index is 1020. The second-order valence-electron chi connectivity index (χ2n) is 5.56. The molecule has 0 spiro atoms. The molecule has 0 aliphatic carbocycles. The van der Waals surface area contributed by atoms with Gasteiger partial charge in [0.1, 0.15) is 6.04 Å². The monoisotopic (exact) mass is 498 g/mol. The summed E-state index contributed by atoms with van der Waals surface area (Å²) in [4.78, 5) is 23.8. The van der Waals surface area contributed by atoms with E-state index in [9.17, 15) is 18.0 Å². The first-order chi connectivity index (χ1) is 13.5. The number of thioether (sulfide) groups is 1. The Morgan fingerprint density at radius 1 is 1.34 bits per heavy atom. The molecule has 1 atom stereocenters. The molecule has 0 saturated heterocycles. The fourth-order valence-electron chi connectivity index (χ4n) is 2.14. The quantitative estimate of drug-likeness (QED) is 0.335. The van der Waals surface area contributed by atoms with Gasteiger partial charge in [-0.05, 0) is 25.1 Å². The molecule has 14 heteroatoms. The second kappa shape index (κ2) is 9.94. The van der Waals surface area contributed by atoms with Crippen molar-refractivity contribution in [2.75, 3.05) is 28.7 Å². The van der Waals surface area contributed by atoms with Gasteiger partial charge in [0.05, 0.1) is 29.8 Å². The van der Waals surface area contributed by atoms with E-state index in [1.54, 1.807) is 0 Å². The highest BCUT2D eigenvalue weighted by molar-refractivity contribution is 8.01. The molecule has 1 amide bonds. The largest absolute Gasteiger partial charge is 0.468 e. The minimum Gasteiger partial charge on any atom is -0.468 e. The molecule has 9 nitrogen and oxygen atoms in total. The van der Waals surface area contributed by atoms with Crippen molar-refractivity contribution in [1.82, 2.24) is 10.2 Å². The molecule has 1 aromatic carbocycles. The van der Waals surface area contributed by atoms with Crippen LogP contribution in [0, 0.1) is 0 Å². The molecule has 0 unspecified atom stereocenters. The zero-order valence-corrected chi connectivity index (χ0v) is 19.3. The Balaban J connectivity index is 2.19. The lowest BCUT2D eigenvalue weighted by Crippen LogP contribution is -2.45. The Labute approximate surface area is 185 Å². The van der Waals surface area contributed by atoms with Gasteiger partial charge in [-0.1, -0.05) is 46.3 Å². The molecular weight excluding hydrogens is 483 g/mol. The number of rotatable bonds is 8. The number of carbonyl (C=O) groups excluding carboxylic acids is 2. The maximum Gasteiger partial charge on any atom is 0.316 e. The van der Waals surface area contributed by atoms with Crippen molar-refractivity contribution in [2.45, 2.75) is 17.3 Å². The lowest BCUT2D eigenvalue weighted by atomic mass is 10.2. The van der Waals surface area contributed by atoms with Crippen molar-refractivity contribution in [3.05, 3.63) is 28.2 Å². The number of nitrogens with one attached hydrogen (secondary N) is 1. The summed E-state index contributed by atoms with van der Waals surface area (Å²) in [5.41, 5.74) is 0.0795. The first-order valence-corrected chi connectivity index (χ1v) is 12.2. The molecule has 1 N–H and O–H groups in total. The number of halogens is 2. The molecule has 158 valence electrons. The molecule has 0 radical (unpaired) electrons. The van der Waals surface area contributed by atoms with Crippen LogP contribution in [0.25, 0.3) is 0 Å². The molecule has 1 aromatic heterocycles. The van der Waals surface area contributed by atoms with Crippen molar-refractivity contribution < 1.29 is 22.7 Å². The van der Waals surface area contributed by atoms with E-state index in [-0.39, 0.29) is 26.6 Å². The van der Waals surface area contributed by atoms with Gasteiger partial charge in [0, 0.05) is 5.02 Å². The molecule has 0 aliphatic heterocycles. The van der Waals surface area contributed by atoms with Gasteiger partial charge in [-0.3, -0.25) is 19.2 Å². The number of hydrogen-bond donors (Lipinski definition) is 1. The van der Waals surface area contributed by atoms with Crippen molar-refractivity contribution in [3.63, 3.8) is 0 Å². The van der Waals surface area contributed by atoms with Crippen molar-refractivity contribution >= 4 is 79.0 Å². The smallest absolute Gasteiger partial charge is 0.316 e. The highest BCUT2D eigenvalue weighted by Gasteiger charge is 2.31. The zero-order chi connectivity index (χ0) is 21.8. The average molecular weight is 499 g/mol. The highest BCUT2D eigenvalue weighted by Crippen LogP contribution is 2.32. The SMILES string of the molecule is COC(=O)CSc1nnc(NC(=O)[C@H](C)N(c2cc(Cl)ccc2Cl)S(C)(=O)=O)s1. The molecule has 0 bridgehead atoms. The van der Waals surface area contributed by atoms with Crippen LogP contribution in [0.1, 0.15) is 6.92 Å². The van der Waals surface area contributed by atoms with Crippen LogP contribution in [0.3, 0.4) is 0 Å². The lowest BCUT2D eigenvalue weighted by Gasteiger charge is -2.28. The highest BCUT2D eigenvalue weighted by atomic mass is 35.5. The molecule has 0 saturated carbocycles. The summed E-state index contributed by atoms with van der Waals surface area (Å²) in [5, 5.41) is 10.7. The number of amides is 1. The Morgan fingerprint density at radius 2 is 2.03 bits per heavy atom. The summed E-state index contributed by atoms with van der Waals surface area (Å²) in [5.74, 6) is -1.02. The van der Waals surface area contributed by atoms with Gasteiger partial charge in [-0.2, -0.15) is 0 Å². The van der Waals surface area contributed by atoms with Gasteiger partial charge in [-0.15, -0.1) is 10.2 Å². The number of anilines is 2. The van der Waals surface area contributed by atoms with Crippen LogP contribution < -0.4 is 9.62 Å². The van der Waals surface area contributed by atoms with E-state index < -0.39 is 27.9 Å². The number of benzene rings is 1. The minimum atomic E-state index is -3.87. The van der Waals surface area contributed by atoms with Gasteiger partial charge in [0.15, 0.2) is 4.34 Å². The second-order valence-corrected chi connectivity index (χ2v) is 10.5. The van der Waals surface area contributed by atoms with E-state index >= 15 is 0 Å². The van der Waals surface area contributed by atoms with Gasteiger partial charge in [0.2, 0.25) is 21.1 Å². The zero-order valence-electron chi connectivity index (χ0n) is 15.4. The normalized spacial score (nSPS) is 12.3. The molecule has 2 aromatic rings. The number of esters is 1. The summed E-state index contributed by atoms with van der Waals surface area (Å²) in [6, 6.07) is 3.16. The Kier molecular flexibility index (Phi) is 8.11. The van der Waals surface area contributed by atoms with Crippen molar-refractivity contribution in [1.29, 1.82) is 0 Å². The topological polar surface area (TPSA) is 119 Å². The third kappa shape index (κ3) is 6.44. The van der Waals surface area contributed by atoms with Crippen LogP contribution in [0.15, 0.2) is 22.5 Å². The van der Waals surface area contributed by atoms with Gasteiger partial charge in [-0.25, -0.2) is 8.42 Å². The van der Waals surface area contributed by atoms with Crippen LogP contribution in [0.5, 0.6) is 0 Å².